The number of nitrogens with zero attached hydrogens (tertiary/aromatic N) is 2. The van der Waals surface area contributed by atoms with Crippen molar-refractivity contribution >= 4 is 29.9 Å². The second-order valence-corrected chi connectivity index (χ2v) is 5.87. The molecule has 1 rings (SSSR count). The Morgan fingerprint density at radius 3 is 2.54 bits per heavy atom. The number of aliphatic imine (C=N–C) groups is 1. The lowest BCUT2D eigenvalue weighted by atomic mass is 10.0. The summed E-state index contributed by atoms with van der Waals surface area (Å²) in [6, 6.07) is 0. The number of halogens is 1. The largest absolute Gasteiger partial charge is 0.396 e. The Labute approximate surface area is 162 Å². The van der Waals surface area contributed by atoms with E-state index in [-0.39, 0.29) is 30.6 Å². The number of rotatable bonds is 10. The van der Waals surface area contributed by atoms with Gasteiger partial charge in [0.05, 0.1) is 5.69 Å². The molecule has 0 radical (unpaired) electrons. The molecule has 0 aliphatic heterocycles. The van der Waals surface area contributed by atoms with Crippen molar-refractivity contribution in [2.24, 2.45) is 10.9 Å². The predicted octanol–water partition coefficient (Wildman–Crippen LogP) is 2.81. The van der Waals surface area contributed by atoms with Gasteiger partial charge < -0.3 is 20.3 Å². The van der Waals surface area contributed by atoms with Crippen molar-refractivity contribution in [3.8, 4) is 0 Å². The van der Waals surface area contributed by atoms with Crippen LogP contribution >= 0.6 is 24.0 Å². The van der Waals surface area contributed by atoms with Crippen LogP contribution in [0.1, 0.15) is 50.1 Å². The van der Waals surface area contributed by atoms with E-state index in [2.05, 4.69) is 34.6 Å². The second-order valence-electron chi connectivity index (χ2n) is 5.87. The molecule has 1 heterocycles. The Morgan fingerprint density at radius 2 is 2.00 bits per heavy atom. The zero-order chi connectivity index (χ0) is 17.1. The molecule has 140 valence electrons. The molecular formula is C17H33IN4O2. The molecule has 0 saturated carbocycles. The Hall–Kier alpha value is -0.830. The smallest absolute Gasteiger partial charge is 0.191 e. The highest BCUT2D eigenvalue weighted by Crippen LogP contribution is 2.12. The number of aromatic nitrogens is 1. The molecule has 0 aliphatic rings. The van der Waals surface area contributed by atoms with Crippen molar-refractivity contribution in [2.45, 2.75) is 53.4 Å². The zero-order valence-corrected chi connectivity index (χ0v) is 17.7. The number of guanidine groups is 1. The maximum absolute atomic E-state index is 9.14. The third-order valence-electron chi connectivity index (χ3n) is 3.93. The van der Waals surface area contributed by atoms with Crippen LogP contribution in [0.5, 0.6) is 0 Å². The lowest BCUT2D eigenvalue weighted by Crippen LogP contribution is -2.38. The molecule has 0 saturated heterocycles. The molecule has 1 aromatic heterocycles. The summed E-state index contributed by atoms with van der Waals surface area (Å²) in [7, 11) is 0. The predicted molar refractivity (Wildman–Crippen MR) is 109 cm³/mol. The summed E-state index contributed by atoms with van der Waals surface area (Å²) in [5, 5.41) is 19.7. The van der Waals surface area contributed by atoms with E-state index in [1.165, 1.54) is 0 Å². The molecule has 6 nitrogen and oxygen atoms in total. The number of aliphatic hydroxyl groups is 1. The fourth-order valence-corrected chi connectivity index (χ4v) is 2.64. The molecule has 1 atom stereocenters. The van der Waals surface area contributed by atoms with Crippen molar-refractivity contribution in [3.63, 3.8) is 0 Å². The fraction of sp³-hybridized carbons (Fsp3) is 0.765. The summed E-state index contributed by atoms with van der Waals surface area (Å²) in [6.07, 6.45) is 3.90. The minimum atomic E-state index is 0. The first-order valence-electron chi connectivity index (χ1n) is 8.67. The van der Waals surface area contributed by atoms with E-state index in [0.717, 1.165) is 68.3 Å². The van der Waals surface area contributed by atoms with E-state index in [0.29, 0.717) is 5.92 Å². The zero-order valence-electron chi connectivity index (χ0n) is 15.4. The van der Waals surface area contributed by atoms with Crippen molar-refractivity contribution in [2.75, 3.05) is 26.2 Å². The van der Waals surface area contributed by atoms with Gasteiger partial charge in [-0.1, -0.05) is 18.5 Å². The van der Waals surface area contributed by atoms with E-state index in [9.17, 15) is 0 Å². The summed E-state index contributed by atoms with van der Waals surface area (Å²) in [6.45, 7) is 10.7. The van der Waals surface area contributed by atoms with Gasteiger partial charge >= 0.3 is 0 Å². The standard InChI is InChI=1S/C17H32N4O2.HI/c1-5-7-15(9-11-22)12-20-17(18-6-2)19-10-8-16-13(3)21-23-14(16)4;/h15,22H,5-12H2,1-4H3,(H2,18,19,20);1H. The monoisotopic (exact) mass is 452 g/mol. The van der Waals surface area contributed by atoms with Crippen molar-refractivity contribution in [3.05, 3.63) is 17.0 Å². The second kappa shape index (κ2) is 13.5. The molecule has 1 unspecified atom stereocenters. The van der Waals surface area contributed by atoms with Gasteiger partial charge in [-0.05, 0) is 46.0 Å². The molecule has 0 spiro atoms. The van der Waals surface area contributed by atoms with Crippen molar-refractivity contribution in [1.29, 1.82) is 0 Å². The number of aryl methyl sites for hydroxylation is 2. The molecule has 3 N–H and O–H groups in total. The highest BCUT2D eigenvalue weighted by molar-refractivity contribution is 14.0. The van der Waals surface area contributed by atoms with E-state index in [1.807, 2.05) is 13.8 Å². The van der Waals surface area contributed by atoms with E-state index in [1.54, 1.807) is 0 Å². The molecule has 7 heteroatoms. The fourth-order valence-electron chi connectivity index (χ4n) is 2.64. The first-order chi connectivity index (χ1) is 11.1. The minimum absolute atomic E-state index is 0. The Kier molecular flexibility index (Phi) is 13.0. The van der Waals surface area contributed by atoms with Gasteiger partial charge in [0.2, 0.25) is 0 Å². The maximum Gasteiger partial charge on any atom is 0.191 e. The van der Waals surface area contributed by atoms with Gasteiger partial charge in [-0.3, -0.25) is 4.99 Å². The first kappa shape index (κ1) is 23.2. The third kappa shape index (κ3) is 8.32. The van der Waals surface area contributed by atoms with Gasteiger partial charge in [0.25, 0.3) is 0 Å². The summed E-state index contributed by atoms with van der Waals surface area (Å²) in [4.78, 5) is 4.66. The lowest BCUT2D eigenvalue weighted by molar-refractivity contribution is 0.253. The summed E-state index contributed by atoms with van der Waals surface area (Å²) >= 11 is 0. The highest BCUT2D eigenvalue weighted by atomic mass is 127. The topological polar surface area (TPSA) is 82.7 Å². The number of nitrogens with one attached hydrogen (secondary N) is 2. The molecule has 0 aliphatic carbocycles. The molecule has 0 aromatic carbocycles. The van der Waals surface area contributed by atoms with Crippen LogP contribution < -0.4 is 10.6 Å². The minimum Gasteiger partial charge on any atom is -0.396 e. The van der Waals surface area contributed by atoms with Crippen LogP contribution in [0.2, 0.25) is 0 Å². The first-order valence-corrected chi connectivity index (χ1v) is 8.67. The molecule has 0 fully saturated rings. The number of hydrogen-bond donors (Lipinski definition) is 3. The van der Waals surface area contributed by atoms with E-state index in [4.69, 9.17) is 9.63 Å². The quantitative estimate of drug-likeness (QED) is 0.289. The summed E-state index contributed by atoms with van der Waals surface area (Å²) in [5.74, 6) is 2.17. The van der Waals surface area contributed by atoms with E-state index < -0.39 is 0 Å². The Balaban J connectivity index is 0.00000529. The molecule has 1 aromatic rings. The Bertz CT molecular complexity index is 452. The number of hydrogen-bond acceptors (Lipinski definition) is 4. The molecular weight excluding hydrogens is 419 g/mol. The SMILES string of the molecule is CCCC(CCO)CN=C(NCC)NCCc1c(C)noc1C.I. The molecule has 0 bridgehead atoms. The van der Waals surface area contributed by atoms with Crippen LogP contribution in [0, 0.1) is 19.8 Å². The van der Waals surface area contributed by atoms with Crippen LogP contribution in [0.25, 0.3) is 0 Å². The molecule has 0 amide bonds. The average Bonchev–Trinajstić information content (AvgIpc) is 2.84. The van der Waals surface area contributed by atoms with E-state index >= 15 is 0 Å². The van der Waals surface area contributed by atoms with Gasteiger partial charge in [0.15, 0.2) is 5.96 Å². The van der Waals surface area contributed by atoms with Crippen LogP contribution in [0.15, 0.2) is 9.52 Å². The van der Waals surface area contributed by atoms with Gasteiger partial charge in [-0.2, -0.15) is 0 Å². The van der Waals surface area contributed by atoms with Crippen LogP contribution in [-0.4, -0.2) is 42.5 Å². The van der Waals surface area contributed by atoms with Gasteiger partial charge in [-0.15, -0.1) is 24.0 Å². The van der Waals surface area contributed by atoms with Crippen molar-refractivity contribution < 1.29 is 9.63 Å². The maximum atomic E-state index is 9.14. The normalized spacial score (nSPS) is 12.6. The summed E-state index contributed by atoms with van der Waals surface area (Å²) in [5.41, 5.74) is 2.12. The van der Waals surface area contributed by atoms with Crippen molar-refractivity contribution in [1.82, 2.24) is 15.8 Å². The van der Waals surface area contributed by atoms with Gasteiger partial charge in [-0.25, -0.2) is 0 Å². The van der Waals surface area contributed by atoms with Gasteiger partial charge in [0, 0.05) is 31.8 Å². The van der Waals surface area contributed by atoms with Crippen LogP contribution in [-0.2, 0) is 6.42 Å². The Morgan fingerprint density at radius 1 is 1.25 bits per heavy atom. The van der Waals surface area contributed by atoms with Gasteiger partial charge in [0.1, 0.15) is 5.76 Å². The summed E-state index contributed by atoms with van der Waals surface area (Å²) < 4.78 is 5.19. The highest BCUT2D eigenvalue weighted by Gasteiger charge is 2.10. The number of aliphatic hydroxyl groups excluding tert-OH is 1. The van der Waals surface area contributed by atoms with Crippen LogP contribution in [0.3, 0.4) is 0 Å². The molecule has 24 heavy (non-hydrogen) atoms. The third-order valence-corrected chi connectivity index (χ3v) is 3.93. The lowest BCUT2D eigenvalue weighted by Gasteiger charge is -2.15. The van der Waals surface area contributed by atoms with Crippen LogP contribution in [0.4, 0.5) is 0 Å². The average molecular weight is 452 g/mol.